The summed E-state index contributed by atoms with van der Waals surface area (Å²) in [5.41, 5.74) is -1.15. The third-order valence-corrected chi connectivity index (χ3v) is 11.8. The first kappa shape index (κ1) is 38.1. The van der Waals surface area contributed by atoms with Gasteiger partial charge in [-0.05, 0) is 65.4 Å². The summed E-state index contributed by atoms with van der Waals surface area (Å²) in [5, 5.41) is 11.4. The third kappa shape index (κ3) is 8.36. The van der Waals surface area contributed by atoms with E-state index in [0.717, 1.165) is 44.9 Å². The standard InChI is InChI=1S/C39H56N6O6/c1-8-18-41-34(49)29(46)26(20-23-14-15-23)42-33(48)28-27-25(38(27,5)6)22-45(28)36(51)31(37(2,3)4)44-35(50)30(39(7)16-10-9-11-17-39)43-32(47)24-13-12-19-40-21-24/h8,12-13,19,21,23,25-28,30-31H,1,9-11,14-18,20,22H2,2-7H3,(H,41,49)(H,42,48)(H,43,47)(H,44,50)/t25?,26?,27?,28-,30+,31+/m0/s1. The Hall–Kier alpha value is -4.09. The van der Waals surface area contributed by atoms with Gasteiger partial charge in [-0.25, -0.2) is 0 Å². The van der Waals surface area contributed by atoms with E-state index in [1.807, 2.05) is 27.7 Å². The minimum atomic E-state index is -1.01. The Balaban J connectivity index is 1.38. The Morgan fingerprint density at radius 1 is 1.02 bits per heavy atom. The van der Waals surface area contributed by atoms with Gasteiger partial charge in [-0.15, -0.1) is 6.58 Å². The Kier molecular flexibility index (Phi) is 11.1. The van der Waals surface area contributed by atoms with Crippen LogP contribution >= 0.6 is 0 Å². The smallest absolute Gasteiger partial charge is 0.289 e. The molecule has 1 aliphatic heterocycles. The third-order valence-electron chi connectivity index (χ3n) is 11.8. The fourth-order valence-corrected chi connectivity index (χ4v) is 8.35. The van der Waals surface area contributed by atoms with Crippen LogP contribution in [-0.4, -0.2) is 82.5 Å². The maximum Gasteiger partial charge on any atom is 0.289 e. The van der Waals surface area contributed by atoms with E-state index in [1.165, 1.54) is 12.3 Å². The van der Waals surface area contributed by atoms with E-state index in [4.69, 9.17) is 0 Å². The predicted octanol–water partition coefficient (Wildman–Crippen LogP) is 3.32. The molecule has 3 saturated carbocycles. The van der Waals surface area contributed by atoms with Crippen LogP contribution in [0.1, 0.15) is 103 Å². The van der Waals surface area contributed by atoms with Crippen molar-refractivity contribution >= 4 is 35.3 Å². The summed E-state index contributed by atoms with van der Waals surface area (Å²) < 4.78 is 0. The first-order chi connectivity index (χ1) is 24.0. The highest BCUT2D eigenvalue weighted by molar-refractivity contribution is 6.38. The Labute approximate surface area is 301 Å². The number of amides is 5. The summed E-state index contributed by atoms with van der Waals surface area (Å²) in [6.07, 6.45) is 11.1. The molecule has 6 atom stereocenters. The molecule has 1 aromatic rings. The quantitative estimate of drug-likeness (QED) is 0.170. The van der Waals surface area contributed by atoms with Crippen molar-refractivity contribution in [3.63, 3.8) is 0 Å². The van der Waals surface area contributed by atoms with Crippen LogP contribution in [0.2, 0.25) is 0 Å². The molecule has 4 fully saturated rings. The molecule has 51 heavy (non-hydrogen) atoms. The number of likely N-dealkylation sites (tertiary alicyclic amines) is 1. The largest absolute Gasteiger partial charge is 0.346 e. The minimum Gasteiger partial charge on any atom is -0.346 e. The molecule has 12 nitrogen and oxygen atoms in total. The summed E-state index contributed by atoms with van der Waals surface area (Å²) >= 11 is 0. The maximum atomic E-state index is 14.7. The van der Waals surface area contributed by atoms with Gasteiger partial charge in [0, 0.05) is 25.5 Å². The van der Waals surface area contributed by atoms with Gasteiger partial charge in [-0.3, -0.25) is 33.8 Å². The fourth-order valence-electron chi connectivity index (χ4n) is 8.35. The van der Waals surface area contributed by atoms with Crippen LogP contribution in [0.25, 0.3) is 0 Å². The van der Waals surface area contributed by atoms with Gasteiger partial charge >= 0.3 is 0 Å². The van der Waals surface area contributed by atoms with Crippen LogP contribution in [-0.2, 0) is 24.0 Å². The molecule has 5 amide bonds. The minimum absolute atomic E-state index is 0.0645. The molecule has 4 N–H and O–H groups in total. The van der Waals surface area contributed by atoms with E-state index < -0.39 is 64.4 Å². The molecule has 0 radical (unpaired) electrons. The van der Waals surface area contributed by atoms with E-state index in [-0.39, 0.29) is 35.6 Å². The molecule has 0 bridgehead atoms. The molecule has 4 aliphatic rings. The highest BCUT2D eigenvalue weighted by atomic mass is 16.2. The highest BCUT2D eigenvalue weighted by Crippen LogP contribution is 2.65. The van der Waals surface area contributed by atoms with E-state index in [2.05, 4.69) is 46.7 Å². The second-order valence-corrected chi connectivity index (χ2v) is 17.2. The van der Waals surface area contributed by atoms with Gasteiger partial charge in [-0.2, -0.15) is 0 Å². The van der Waals surface area contributed by atoms with E-state index in [9.17, 15) is 28.8 Å². The number of hydrogen-bond acceptors (Lipinski definition) is 7. The average Bonchev–Trinajstić information content (AvgIpc) is 3.95. The van der Waals surface area contributed by atoms with Crippen molar-refractivity contribution in [2.45, 2.75) is 117 Å². The first-order valence-corrected chi connectivity index (χ1v) is 18.5. The molecular formula is C39H56N6O6. The van der Waals surface area contributed by atoms with Crippen molar-refractivity contribution in [2.24, 2.45) is 34.0 Å². The summed E-state index contributed by atoms with van der Waals surface area (Å²) in [4.78, 5) is 88.1. The van der Waals surface area contributed by atoms with Crippen molar-refractivity contribution in [2.75, 3.05) is 13.1 Å². The molecule has 2 heterocycles. The summed E-state index contributed by atoms with van der Waals surface area (Å²) in [7, 11) is 0. The summed E-state index contributed by atoms with van der Waals surface area (Å²) in [5.74, 6) is -3.04. The van der Waals surface area contributed by atoms with Crippen molar-refractivity contribution < 1.29 is 28.8 Å². The number of Topliss-reactive ketones (excluding diaryl/α,β-unsaturated/α-hetero) is 1. The first-order valence-electron chi connectivity index (χ1n) is 18.5. The van der Waals surface area contributed by atoms with Gasteiger partial charge in [0.2, 0.25) is 23.5 Å². The van der Waals surface area contributed by atoms with Crippen LogP contribution in [0.3, 0.4) is 0 Å². The molecule has 3 aliphatic carbocycles. The van der Waals surface area contributed by atoms with E-state index in [1.54, 1.807) is 23.2 Å². The lowest BCUT2D eigenvalue weighted by molar-refractivity contribution is -0.147. The zero-order chi connectivity index (χ0) is 37.3. The lowest BCUT2D eigenvalue weighted by Crippen LogP contribution is -2.64. The van der Waals surface area contributed by atoms with Crippen LogP contribution < -0.4 is 21.3 Å². The van der Waals surface area contributed by atoms with Crippen molar-refractivity contribution in [1.29, 1.82) is 0 Å². The zero-order valence-corrected chi connectivity index (χ0v) is 31.1. The Morgan fingerprint density at radius 2 is 1.71 bits per heavy atom. The van der Waals surface area contributed by atoms with Gasteiger partial charge in [0.25, 0.3) is 11.8 Å². The van der Waals surface area contributed by atoms with Crippen LogP contribution in [0.4, 0.5) is 0 Å². The molecule has 1 saturated heterocycles. The number of nitrogens with zero attached hydrogens (tertiary/aromatic N) is 2. The number of fused-ring (bicyclic) bond motifs is 1. The number of carbonyl (C=O) groups excluding carboxylic acids is 6. The molecule has 12 heteroatoms. The van der Waals surface area contributed by atoms with E-state index in [0.29, 0.717) is 18.5 Å². The number of piperidine rings is 1. The molecule has 0 spiro atoms. The normalized spacial score (nSPS) is 24.9. The van der Waals surface area contributed by atoms with Crippen molar-refractivity contribution in [3.05, 3.63) is 42.7 Å². The lowest BCUT2D eigenvalue weighted by Gasteiger charge is -2.42. The summed E-state index contributed by atoms with van der Waals surface area (Å²) in [6, 6.07) is -0.497. The number of rotatable bonds is 14. The number of hydrogen-bond donors (Lipinski definition) is 4. The van der Waals surface area contributed by atoms with Gasteiger partial charge < -0.3 is 26.2 Å². The number of ketones is 1. The maximum absolute atomic E-state index is 14.7. The summed E-state index contributed by atoms with van der Waals surface area (Å²) in [6.45, 7) is 15.8. The van der Waals surface area contributed by atoms with Crippen LogP contribution in [0.15, 0.2) is 37.2 Å². The van der Waals surface area contributed by atoms with Gasteiger partial charge in [0.1, 0.15) is 18.1 Å². The number of pyridine rings is 1. The van der Waals surface area contributed by atoms with Gasteiger partial charge in [-0.1, -0.05) is 79.7 Å². The van der Waals surface area contributed by atoms with Gasteiger partial charge in [0.05, 0.1) is 11.6 Å². The molecule has 0 aromatic carbocycles. The molecule has 5 rings (SSSR count). The topological polar surface area (TPSA) is 167 Å². The Morgan fingerprint density at radius 3 is 2.29 bits per heavy atom. The number of carbonyl (C=O) groups is 6. The zero-order valence-electron chi connectivity index (χ0n) is 31.1. The molecular weight excluding hydrogens is 648 g/mol. The SMILES string of the molecule is C=CCNC(=O)C(=O)C(CC1CC1)NC(=O)[C@@H]1C2C(CN1C(=O)[C@@H](NC(=O)[C@@H](NC(=O)c1cccnc1)C1(C)CCCCC1)C(C)(C)C)C2(C)C. The molecule has 278 valence electrons. The molecule has 3 unspecified atom stereocenters. The molecule has 1 aromatic heterocycles. The highest BCUT2D eigenvalue weighted by Gasteiger charge is 2.70. The number of aromatic nitrogens is 1. The van der Waals surface area contributed by atoms with E-state index >= 15 is 0 Å². The monoisotopic (exact) mass is 704 g/mol. The van der Waals surface area contributed by atoms with Crippen molar-refractivity contribution in [1.82, 2.24) is 31.2 Å². The Bertz CT molecular complexity index is 1530. The van der Waals surface area contributed by atoms with Gasteiger partial charge in [0.15, 0.2) is 0 Å². The van der Waals surface area contributed by atoms with Crippen LogP contribution in [0.5, 0.6) is 0 Å². The number of nitrogens with one attached hydrogen (secondary N) is 4. The lowest BCUT2D eigenvalue weighted by atomic mass is 9.70. The average molecular weight is 705 g/mol. The van der Waals surface area contributed by atoms with Crippen molar-refractivity contribution in [3.8, 4) is 0 Å². The second-order valence-electron chi connectivity index (χ2n) is 17.2. The second kappa shape index (κ2) is 14.9. The van der Waals surface area contributed by atoms with Crippen LogP contribution in [0, 0.1) is 34.0 Å². The predicted molar refractivity (Wildman–Crippen MR) is 192 cm³/mol. The fraction of sp³-hybridized carbons (Fsp3) is 0.667.